The highest BCUT2D eigenvalue weighted by molar-refractivity contribution is 5.25. The lowest BCUT2D eigenvalue weighted by Crippen LogP contribution is -2.51. The van der Waals surface area contributed by atoms with Crippen LogP contribution >= 0.6 is 0 Å². The molecule has 4 rings (SSSR count). The van der Waals surface area contributed by atoms with Crippen molar-refractivity contribution in [2.45, 2.75) is 84.3 Å². The van der Waals surface area contributed by atoms with E-state index in [1.807, 2.05) is 6.92 Å². The van der Waals surface area contributed by atoms with Gasteiger partial charge in [0, 0.05) is 0 Å². The lowest BCUT2D eigenvalue weighted by molar-refractivity contribution is -0.0725. The Morgan fingerprint density at radius 3 is 2.57 bits per heavy atom. The Balaban J connectivity index is 1.64. The summed E-state index contributed by atoms with van der Waals surface area (Å²) in [5.41, 5.74) is 2.26. The Bertz CT molecular complexity index is 510. The molecule has 0 aromatic rings. The van der Waals surface area contributed by atoms with Crippen molar-refractivity contribution < 1.29 is 10.2 Å². The van der Waals surface area contributed by atoms with Crippen LogP contribution in [0, 0.1) is 34.5 Å². The van der Waals surface area contributed by atoms with Gasteiger partial charge in [-0.2, -0.15) is 0 Å². The lowest BCUT2D eigenvalue weighted by atomic mass is 9.46. The van der Waals surface area contributed by atoms with Gasteiger partial charge in [0.2, 0.25) is 0 Å². The van der Waals surface area contributed by atoms with Crippen LogP contribution < -0.4 is 0 Å². The fraction of sp³-hybridized carbons (Fsp3) is 0.905. The zero-order valence-corrected chi connectivity index (χ0v) is 15.1. The van der Waals surface area contributed by atoms with Crippen molar-refractivity contribution in [3.8, 4) is 0 Å². The van der Waals surface area contributed by atoms with E-state index < -0.39 is 0 Å². The van der Waals surface area contributed by atoms with E-state index >= 15 is 0 Å². The quantitative estimate of drug-likeness (QED) is 0.707. The van der Waals surface area contributed by atoms with Gasteiger partial charge in [-0.05, 0) is 92.8 Å². The van der Waals surface area contributed by atoms with E-state index in [9.17, 15) is 10.2 Å². The minimum atomic E-state index is -0.199. The molecule has 0 spiro atoms. The van der Waals surface area contributed by atoms with Crippen LogP contribution in [0.2, 0.25) is 0 Å². The van der Waals surface area contributed by atoms with Gasteiger partial charge < -0.3 is 10.2 Å². The van der Waals surface area contributed by atoms with Crippen molar-refractivity contribution in [3.63, 3.8) is 0 Å². The molecule has 2 N–H and O–H groups in total. The molecule has 0 aromatic carbocycles. The summed E-state index contributed by atoms with van der Waals surface area (Å²) < 4.78 is 0. The van der Waals surface area contributed by atoms with E-state index in [1.165, 1.54) is 44.9 Å². The van der Waals surface area contributed by atoms with Crippen LogP contribution in [0.1, 0.15) is 72.1 Å². The summed E-state index contributed by atoms with van der Waals surface area (Å²) in [6.07, 6.45) is 11.6. The first-order valence-corrected chi connectivity index (χ1v) is 9.93. The van der Waals surface area contributed by atoms with Gasteiger partial charge in [-0.3, -0.25) is 0 Å². The minimum absolute atomic E-state index is 0.152. The van der Waals surface area contributed by atoms with E-state index in [0.717, 1.165) is 24.2 Å². The van der Waals surface area contributed by atoms with Crippen molar-refractivity contribution >= 4 is 0 Å². The number of allylic oxidation sites excluding steroid dienone is 1. The van der Waals surface area contributed by atoms with E-state index in [2.05, 4.69) is 19.9 Å². The highest BCUT2D eigenvalue weighted by Gasteiger charge is 2.59. The van der Waals surface area contributed by atoms with E-state index in [4.69, 9.17) is 0 Å². The predicted octanol–water partition coefficient (Wildman–Crippen LogP) is 4.31. The van der Waals surface area contributed by atoms with Gasteiger partial charge in [-0.1, -0.05) is 25.5 Å². The summed E-state index contributed by atoms with van der Waals surface area (Å²) in [4.78, 5) is 0. The normalized spacial score (nSPS) is 53.8. The van der Waals surface area contributed by atoms with Crippen molar-refractivity contribution in [3.05, 3.63) is 11.6 Å². The third-order valence-electron chi connectivity index (χ3n) is 8.74. The third-order valence-corrected chi connectivity index (χ3v) is 8.74. The van der Waals surface area contributed by atoms with Gasteiger partial charge >= 0.3 is 0 Å². The molecule has 1 unspecified atom stereocenters. The second-order valence-electron chi connectivity index (χ2n) is 9.60. The summed E-state index contributed by atoms with van der Waals surface area (Å²) in [7, 11) is 0. The van der Waals surface area contributed by atoms with Crippen molar-refractivity contribution in [1.29, 1.82) is 0 Å². The molecular formula is C21H34O2. The number of hydrogen-bond donors (Lipinski definition) is 2. The number of fused-ring (bicyclic) bond motifs is 5. The van der Waals surface area contributed by atoms with Crippen molar-refractivity contribution in [2.75, 3.05) is 0 Å². The Labute approximate surface area is 141 Å². The highest BCUT2D eigenvalue weighted by atomic mass is 16.3. The summed E-state index contributed by atoms with van der Waals surface area (Å²) >= 11 is 0. The molecule has 0 aromatic heterocycles. The molecule has 3 fully saturated rings. The van der Waals surface area contributed by atoms with Crippen LogP contribution in [0.4, 0.5) is 0 Å². The highest BCUT2D eigenvalue weighted by Crippen LogP contribution is 2.67. The fourth-order valence-corrected chi connectivity index (χ4v) is 7.54. The standard InChI is InChI=1S/C21H34O2/c1-13(22)17-6-7-18-16-5-4-14-12-15(23)8-10-20(14,2)19(16)9-11-21(17,18)3/h12-13,15-19,22-23H,4-11H2,1-3H3/t13-,15?,16+,17-,18+,19+,20+,21-/m1/s1. The average molecular weight is 319 g/mol. The topological polar surface area (TPSA) is 40.5 Å². The van der Waals surface area contributed by atoms with Crippen molar-refractivity contribution in [1.82, 2.24) is 0 Å². The molecule has 0 aliphatic heterocycles. The first kappa shape index (κ1) is 16.1. The molecule has 0 saturated heterocycles. The molecule has 4 aliphatic rings. The van der Waals surface area contributed by atoms with Crippen LogP contribution in [0.3, 0.4) is 0 Å². The van der Waals surface area contributed by atoms with Crippen LogP contribution in [0.25, 0.3) is 0 Å². The Hall–Kier alpha value is -0.340. The zero-order valence-electron chi connectivity index (χ0n) is 15.1. The van der Waals surface area contributed by atoms with Crippen LogP contribution in [-0.2, 0) is 0 Å². The SMILES string of the molecule is C[C@@H](O)[C@H]1CC[C@H]2[C@@H]3CCC4=CC(O)CC[C@]4(C)[C@H]3CC[C@]12C. The van der Waals surface area contributed by atoms with Gasteiger partial charge in [0.25, 0.3) is 0 Å². The lowest BCUT2D eigenvalue weighted by Gasteiger charge is -2.58. The summed E-state index contributed by atoms with van der Waals surface area (Å²) in [6.45, 7) is 6.98. The summed E-state index contributed by atoms with van der Waals surface area (Å²) in [5, 5.41) is 20.3. The second kappa shape index (κ2) is 5.33. The molecule has 0 heterocycles. The van der Waals surface area contributed by atoms with E-state index in [-0.39, 0.29) is 12.2 Å². The molecule has 0 radical (unpaired) electrons. The van der Waals surface area contributed by atoms with Crippen LogP contribution in [-0.4, -0.2) is 22.4 Å². The smallest absolute Gasteiger partial charge is 0.0724 e. The Morgan fingerprint density at radius 2 is 1.83 bits per heavy atom. The third kappa shape index (κ3) is 2.20. The molecule has 130 valence electrons. The summed E-state index contributed by atoms with van der Waals surface area (Å²) in [6, 6.07) is 0. The largest absolute Gasteiger partial charge is 0.393 e. The first-order chi connectivity index (χ1) is 10.9. The maximum absolute atomic E-state index is 10.3. The predicted molar refractivity (Wildman–Crippen MR) is 92.9 cm³/mol. The maximum Gasteiger partial charge on any atom is 0.0724 e. The first-order valence-electron chi connectivity index (χ1n) is 9.93. The Kier molecular flexibility index (Phi) is 3.74. The molecule has 0 bridgehead atoms. The maximum atomic E-state index is 10.3. The molecule has 8 atom stereocenters. The van der Waals surface area contributed by atoms with Gasteiger partial charge in [-0.15, -0.1) is 0 Å². The van der Waals surface area contributed by atoms with Gasteiger partial charge in [-0.25, -0.2) is 0 Å². The molecule has 3 saturated carbocycles. The monoisotopic (exact) mass is 318 g/mol. The van der Waals surface area contributed by atoms with E-state index in [0.29, 0.717) is 16.7 Å². The molecule has 23 heavy (non-hydrogen) atoms. The zero-order chi connectivity index (χ0) is 16.4. The summed E-state index contributed by atoms with van der Waals surface area (Å²) in [5.74, 6) is 2.97. The van der Waals surface area contributed by atoms with Crippen LogP contribution in [0.5, 0.6) is 0 Å². The molecular weight excluding hydrogens is 284 g/mol. The Morgan fingerprint density at radius 1 is 1.04 bits per heavy atom. The van der Waals surface area contributed by atoms with Gasteiger partial charge in [0.1, 0.15) is 0 Å². The minimum Gasteiger partial charge on any atom is -0.393 e. The number of aliphatic hydroxyl groups excluding tert-OH is 2. The fourth-order valence-electron chi connectivity index (χ4n) is 7.54. The van der Waals surface area contributed by atoms with Crippen molar-refractivity contribution in [2.24, 2.45) is 34.5 Å². The molecule has 0 amide bonds. The number of rotatable bonds is 1. The van der Waals surface area contributed by atoms with Gasteiger partial charge in [0.15, 0.2) is 0 Å². The molecule has 2 nitrogen and oxygen atoms in total. The van der Waals surface area contributed by atoms with E-state index in [1.54, 1.807) is 5.57 Å². The number of hydrogen-bond acceptors (Lipinski definition) is 2. The second-order valence-corrected chi connectivity index (χ2v) is 9.60. The molecule has 2 heteroatoms. The number of aliphatic hydroxyl groups is 2. The van der Waals surface area contributed by atoms with Crippen LogP contribution in [0.15, 0.2) is 11.6 Å². The molecule has 4 aliphatic carbocycles. The van der Waals surface area contributed by atoms with Gasteiger partial charge in [0.05, 0.1) is 12.2 Å². The average Bonchev–Trinajstić information content (AvgIpc) is 2.85.